The van der Waals surface area contributed by atoms with E-state index in [0.717, 1.165) is 16.3 Å². The standard InChI is InChI=1S/C30H23ClN2O5/c1-2-37-27-15-19(13-23(17-32)29(34)33-24-11-6-9-21(16-24)30(35)36)14-26(31)28(27)38-18-22-10-5-8-20-7-3-4-12-25(20)22/h3-16H,2,18H2,1H3,(H,33,34)(H,35,36)/b23-13-. The van der Waals surface area contributed by atoms with Gasteiger partial charge in [0.25, 0.3) is 5.91 Å². The summed E-state index contributed by atoms with van der Waals surface area (Å²) in [6.07, 6.45) is 1.37. The Morgan fingerprint density at radius 2 is 1.79 bits per heavy atom. The zero-order chi connectivity index (χ0) is 27.1. The van der Waals surface area contributed by atoms with Gasteiger partial charge >= 0.3 is 5.97 Å². The first-order valence-electron chi connectivity index (χ1n) is 11.7. The van der Waals surface area contributed by atoms with Crippen molar-refractivity contribution in [3.63, 3.8) is 0 Å². The topological polar surface area (TPSA) is 109 Å². The average molecular weight is 527 g/mol. The number of nitrogens with one attached hydrogen (secondary N) is 1. The third-order valence-electron chi connectivity index (χ3n) is 5.63. The van der Waals surface area contributed by atoms with E-state index in [1.54, 1.807) is 12.1 Å². The van der Waals surface area contributed by atoms with Crippen molar-refractivity contribution in [3.05, 3.63) is 106 Å². The highest BCUT2D eigenvalue weighted by Crippen LogP contribution is 2.38. The molecule has 0 aliphatic heterocycles. The van der Waals surface area contributed by atoms with E-state index in [4.69, 9.17) is 26.2 Å². The van der Waals surface area contributed by atoms with Gasteiger partial charge in [-0.2, -0.15) is 5.26 Å². The van der Waals surface area contributed by atoms with Crippen LogP contribution in [0.15, 0.2) is 84.4 Å². The molecule has 0 saturated heterocycles. The van der Waals surface area contributed by atoms with Gasteiger partial charge in [-0.25, -0.2) is 4.79 Å². The molecule has 0 bridgehead atoms. The lowest BCUT2D eigenvalue weighted by Crippen LogP contribution is -2.14. The van der Waals surface area contributed by atoms with E-state index in [-0.39, 0.29) is 28.5 Å². The Labute approximate surface area is 224 Å². The SMILES string of the molecule is CCOc1cc(/C=C(/C#N)C(=O)Nc2cccc(C(=O)O)c2)cc(Cl)c1OCc1cccc2ccccc12. The number of aromatic carboxylic acids is 1. The summed E-state index contributed by atoms with van der Waals surface area (Å²) in [5.74, 6) is -1.09. The summed E-state index contributed by atoms with van der Waals surface area (Å²) in [5.41, 5.74) is 1.51. The van der Waals surface area contributed by atoms with Crippen molar-refractivity contribution in [3.8, 4) is 17.6 Å². The van der Waals surface area contributed by atoms with E-state index in [9.17, 15) is 14.9 Å². The van der Waals surface area contributed by atoms with Crippen molar-refractivity contribution in [1.29, 1.82) is 5.26 Å². The van der Waals surface area contributed by atoms with Crippen LogP contribution in [0, 0.1) is 11.3 Å². The van der Waals surface area contributed by atoms with Gasteiger partial charge in [0.2, 0.25) is 0 Å². The maximum Gasteiger partial charge on any atom is 0.335 e. The van der Waals surface area contributed by atoms with Crippen LogP contribution in [0.25, 0.3) is 16.8 Å². The number of carboxylic acid groups (broad SMARTS) is 1. The number of hydrogen-bond donors (Lipinski definition) is 2. The quantitative estimate of drug-likeness (QED) is 0.185. The lowest BCUT2D eigenvalue weighted by atomic mass is 10.1. The van der Waals surface area contributed by atoms with Crippen LogP contribution in [0.4, 0.5) is 5.69 Å². The van der Waals surface area contributed by atoms with Crippen LogP contribution in [0.5, 0.6) is 11.5 Å². The molecule has 1 amide bonds. The number of rotatable bonds is 9. The molecule has 7 nitrogen and oxygen atoms in total. The fourth-order valence-corrected chi connectivity index (χ4v) is 4.16. The van der Waals surface area contributed by atoms with E-state index >= 15 is 0 Å². The van der Waals surface area contributed by atoms with Crippen molar-refractivity contribution in [1.82, 2.24) is 0 Å². The Morgan fingerprint density at radius 1 is 1.03 bits per heavy atom. The molecule has 0 radical (unpaired) electrons. The van der Waals surface area contributed by atoms with Crippen LogP contribution in [0.2, 0.25) is 5.02 Å². The van der Waals surface area contributed by atoms with Gasteiger partial charge in [-0.15, -0.1) is 0 Å². The normalized spacial score (nSPS) is 11.0. The maximum atomic E-state index is 12.7. The van der Waals surface area contributed by atoms with Crippen molar-refractivity contribution in [2.45, 2.75) is 13.5 Å². The number of carbonyl (C=O) groups is 2. The molecule has 4 rings (SSSR count). The largest absolute Gasteiger partial charge is 0.490 e. The van der Waals surface area contributed by atoms with Crippen LogP contribution in [-0.4, -0.2) is 23.6 Å². The first-order valence-corrected chi connectivity index (χ1v) is 12.1. The molecule has 0 aromatic heterocycles. The van der Waals surface area contributed by atoms with Gasteiger partial charge < -0.3 is 19.9 Å². The number of benzene rings is 4. The molecule has 0 spiro atoms. The third-order valence-corrected chi connectivity index (χ3v) is 5.91. The molecule has 0 unspecified atom stereocenters. The Balaban J connectivity index is 1.58. The monoisotopic (exact) mass is 526 g/mol. The van der Waals surface area contributed by atoms with E-state index in [1.807, 2.05) is 55.5 Å². The van der Waals surface area contributed by atoms with Crippen molar-refractivity contribution in [2.24, 2.45) is 0 Å². The molecular weight excluding hydrogens is 504 g/mol. The minimum absolute atomic E-state index is 0.0116. The fraction of sp³-hybridized carbons (Fsp3) is 0.100. The number of ether oxygens (including phenoxy) is 2. The number of halogens is 1. The molecule has 0 saturated carbocycles. The third kappa shape index (κ3) is 6.12. The minimum Gasteiger partial charge on any atom is -0.490 e. The zero-order valence-corrected chi connectivity index (χ0v) is 21.2. The van der Waals surface area contributed by atoms with Crippen molar-refractivity contribution in [2.75, 3.05) is 11.9 Å². The average Bonchev–Trinajstić information content (AvgIpc) is 2.91. The van der Waals surface area contributed by atoms with Gasteiger partial charge in [-0.1, -0.05) is 60.1 Å². The molecule has 0 atom stereocenters. The second-order valence-corrected chi connectivity index (χ2v) is 8.61. The molecule has 2 N–H and O–H groups in total. The van der Waals surface area contributed by atoms with Crippen molar-refractivity contribution < 1.29 is 24.2 Å². The van der Waals surface area contributed by atoms with Crippen LogP contribution in [0.3, 0.4) is 0 Å². The number of nitriles is 1. The van der Waals surface area contributed by atoms with Gasteiger partial charge in [0.05, 0.1) is 17.2 Å². The summed E-state index contributed by atoms with van der Waals surface area (Å²) in [4.78, 5) is 23.9. The number of carboxylic acids is 1. The highest BCUT2D eigenvalue weighted by atomic mass is 35.5. The predicted octanol–water partition coefficient (Wildman–Crippen LogP) is 6.71. The summed E-state index contributed by atoms with van der Waals surface area (Å²) in [5, 5.41) is 23.7. The molecule has 8 heteroatoms. The summed E-state index contributed by atoms with van der Waals surface area (Å²) < 4.78 is 11.9. The van der Waals surface area contributed by atoms with Crippen LogP contribution < -0.4 is 14.8 Å². The van der Waals surface area contributed by atoms with E-state index < -0.39 is 11.9 Å². The number of amides is 1. The molecule has 0 aliphatic carbocycles. The molecular formula is C30H23ClN2O5. The number of nitrogens with zero attached hydrogens (tertiary/aromatic N) is 1. The van der Waals surface area contributed by atoms with Gasteiger partial charge in [-0.3, -0.25) is 4.79 Å². The molecule has 38 heavy (non-hydrogen) atoms. The Bertz CT molecular complexity index is 1580. The highest BCUT2D eigenvalue weighted by Gasteiger charge is 2.16. The summed E-state index contributed by atoms with van der Waals surface area (Å²) in [6.45, 7) is 2.43. The first kappa shape index (κ1) is 26.3. The number of hydrogen-bond acceptors (Lipinski definition) is 5. The lowest BCUT2D eigenvalue weighted by molar-refractivity contribution is -0.112. The maximum absolute atomic E-state index is 12.7. The summed E-state index contributed by atoms with van der Waals surface area (Å²) in [6, 6.07) is 24.8. The van der Waals surface area contributed by atoms with Gasteiger partial charge in [0.15, 0.2) is 11.5 Å². The fourth-order valence-electron chi connectivity index (χ4n) is 3.89. The van der Waals surface area contributed by atoms with E-state index in [0.29, 0.717) is 23.7 Å². The Hall–Kier alpha value is -4.80. The van der Waals surface area contributed by atoms with Crippen molar-refractivity contribution >= 4 is 46.0 Å². The van der Waals surface area contributed by atoms with E-state index in [2.05, 4.69) is 5.32 Å². The predicted molar refractivity (Wildman–Crippen MR) is 147 cm³/mol. The lowest BCUT2D eigenvalue weighted by Gasteiger charge is -2.15. The Kier molecular flexibility index (Phi) is 8.27. The summed E-state index contributed by atoms with van der Waals surface area (Å²) in [7, 11) is 0. The molecule has 4 aromatic carbocycles. The van der Waals surface area contributed by atoms with Gasteiger partial charge in [0.1, 0.15) is 18.2 Å². The second kappa shape index (κ2) is 12.0. The smallest absolute Gasteiger partial charge is 0.335 e. The van der Waals surface area contributed by atoms with Gasteiger partial charge in [-0.05, 0) is 65.2 Å². The highest BCUT2D eigenvalue weighted by molar-refractivity contribution is 6.32. The molecule has 4 aromatic rings. The number of anilines is 1. The van der Waals surface area contributed by atoms with Crippen LogP contribution >= 0.6 is 11.6 Å². The van der Waals surface area contributed by atoms with Crippen LogP contribution in [0.1, 0.15) is 28.4 Å². The molecule has 0 fully saturated rings. The first-order chi connectivity index (χ1) is 18.4. The molecule has 0 heterocycles. The molecule has 190 valence electrons. The second-order valence-electron chi connectivity index (χ2n) is 8.20. The van der Waals surface area contributed by atoms with E-state index in [1.165, 1.54) is 30.3 Å². The number of fused-ring (bicyclic) bond motifs is 1. The Morgan fingerprint density at radius 3 is 2.55 bits per heavy atom. The van der Waals surface area contributed by atoms with Crippen LogP contribution in [-0.2, 0) is 11.4 Å². The molecule has 0 aliphatic rings. The minimum atomic E-state index is -1.13. The van der Waals surface area contributed by atoms with Gasteiger partial charge in [0, 0.05) is 5.69 Å². The zero-order valence-electron chi connectivity index (χ0n) is 20.4. The summed E-state index contributed by atoms with van der Waals surface area (Å²) >= 11 is 6.56. The number of carbonyl (C=O) groups excluding carboxylic acids is 1.